The molecule has 0 amide bonds. The molecule has 96 valence electrons. The van der Waals surface area contributed by atoms with Crippen molar-refractivity contribution in [3.63, 3.8) is 0 Å². The minimum Gasteiger partial charge on any atom is -0.460 e. The Morgan fingerprint density at radius 2 is 1.94 bits per heavy atom. The molecule has 0 bridgehead atoms. The lowest BCUT2D eigenvalue weighted by atomic mass is 10.2. The standard InChI is InChI=1S/C12H18N2O2.ClH/c13-8-4-7-11(14)12(15)16-9-10-5-2-1-3-6-10;/h1-3,5-6,11H,4,7-9,13-14H2;1H. The smallest absolute Gasteiger partial charge is 0.323 e. The van der Waals surface area contributed by atoms with Gasteiger partial charge in [-0.05, 0) is 24.9 Å². The molecular weight excluding hydrogens is 240 g/mol. The predicted molar refractivity (Wildman–Crippen MR) is 69.7 cm³/mol. The van der Waals surface area contributed by atoms with E-state index >= 15 is 0 Å². The van der Waals surface area contributed by atoms with Crippen LogP contribution in [0, 0.1) is 0 Å². The van der Waals surface area contributed by atoms with Gasteiger partial charge in [-0.3, -0.25) is 4.79 Å². The summed E-state index contributed by atoms with van der Waals surface area (Å²) < 4.78 is 5.08. The number of esters is 1. The van der Waals surface area contributed by atoms with Gasteiger partial charge in [0.2, 0.25) is 0 Å². The maximum Gasteiger partial charge on any atom is 0.323 e. The van der Waals surface area contributed by atoms with Gasteiger partial charge in [0.25, 0.3) is 0 Å². The maximum atomic E-state index is 11.4. The van der Waals surface area contributed by atoms with Crippen LogP contribution in [0.3, 0.4) is 0 Å². The van der Waals surface area contributed by atoms with Gasteiger partial charge in [0.1, 0.15) is 12.6 Å². The van der Waals surface area contributed by atoms with Crippen LogP contribution in [-0.4, -0.2) is 18.6 Å². The highest BCUT2D eigenvalue weighted by Gasteiger charge is 2.13. The van der Waals surface area contributed by atoms with Crippen molar-refractivity contribution in [1.29, 1.82) is 0 Å². The normalized spacial score (nSPS) is 11.4. The summed E-state index contributed by atoms with van der Waals surface area (Å²) in [5.41, 5.74) is 11.9. The third-order valence-electron chi connectivity index (χ3n) is 2.25. The highest BCUT2D eigenvalue weighted by atomic mass is 35.5. The number of hydrogen-bond donors (Lipinski definition) is 2. The molecule has 0 heterocycles. The average molecular weight is 259 g/mol. The van der Waals surface area contributed by atoms with Crippen molar-refractivity contribution in [2.45, 2.75) is 25.5 Å². The molecule has 0 fully saturated rings. The van der Waals surface area contributed by atoms with Crippen molar-refractivity contribution in [1.82, 2.24) is 0 Å². The predicted octanol–water partition coefficient (Wildman–Crippen LogP) is 1.22. The van der Waals surface area contributed by atoms with E-state index in [0.717, 1.165) is 12.0 Å². The fourth-order valence-corrected chi connectivity index (χ4v) is 1.29. The van der Waals surface area contributed by atoms with E-state index in [4.69, 9.17) is 16.2 Å². The molecule has 1 aromatic carbocycles. The van der Waals surface area contributed by atoms with Gasteiger partial charge in [0, 0.05) is 0 Å². The summed E-state index contributed by atoms with van der Waals surface area (Å²) in [6.07, 6.45) is 1.31. The van der Waals surface area contributed by atoms with Gasteiger partial charge in [-0.2, -0.15) is 0 Å². The maximum absolute atomic E-state index is 11.4. The van der Waals surface area contributed by atoms with Crippen molar-refractivity contribution < 1.29 is 9.53 Å². The molecule has 0 spiro atoms. The van der Waals surface area contributed by atoms with Crippen LogP contribution in [0.15, 0.2) is 30.3 Å². The molecule has 4 N–H and O–H groups in total. The Kier molecular flexibility index (Phi) is 8.40. The van der Waals surface area contributed by atoms with E-state index in [0.29, 0.717) is 13.0 Å². The molecule has 17 heavy (non-hydrogen) atoms. The van der Waals surface area contributed by atoms with E-state index in [2.05, 4.69) is 0 Å². The van der Waals surface area contributed by atoms with Crippen LogP contribution in [0.1, 0.15) is 18.4 Å². The zero-order chi connectivity index (χ0) is 11.8. The Hall–Kier alpha value is -1.10. The molecule has 5 heteroatoms. The van der Waals surface area contributed by atoms with Crippen LogP contribution < -0.4 is 11.5 Å². The molecule has 0 aromatic heterocycles. The van der Waals surface area contributed by atoms with Gasteiger partial charge >= 0.3 is 5.97 Å². The Morgan fingerprint density at radius 3 is 2.53 bits per heavy atom. The third-order valence-corrected chi connectivity index (χ3v) is 2.25. The van der Waals surface area contributed by atoms with Crippen molar-refractivity contribution in [3.8, 4) is 0 Å². The van der Waals surface area contributed by atoms with Gasteiger partial charge in [0.15, 0.2) is 0 Å². The summed E-state index contributed by atoms with van der Waals surface area (Å²) >= 11 is 0. The topological polar surface area (TPSA) is 78.3 Å². The first-order valence-electron chi connectivity index (χ1n) is 5.40. The van der Waals surface area contributed by atoms with E-state index in [1.807, 2.05) is 30.3 Å². The van der Waals surface area contributed by atoms with Crippen molar-refractivity contribution in [2.75, 3.05) is 6.54 Å². The molecule has 0 saturated heterocycles. The lowest BCUT2D eigenvalue weighted by molar-refractivity contribution is -0.146. The van der Waals surface area contributed by atoms with E-state index < -0.39 is 6.04 Å². The minimum atomic E-state index is -0.563. The molecule has 1 rings (SSSR count). The van der Waals surface area contributed by atoms with Crippen LogP contribution in [-0.2, 0) is 16.1 Å². The minimum absolute atomic E-state index is 0. The van der Waals surface area contributed by atoms with Crippen LogP contribution in [0.5, 0.6) is 0 Å². The van der Waals surface area contributed by atoms with E-state index in [1.54, 1.807) is 0 Å². The summed E-state index contributed by atoms with van der Waals surface area (Å²) in [5, 5.41) is 0. The first kappa shape index (κ1) is 15.9. The quantitative estimate of drug-likeness (QED) is 0.752. The fourth-order valence-electron chi connectivity index (χ4n) is 1.29. The molecule has 0 radical (unpaired) electrons. The second kappa shape index (κ2) is 8.98. The van der Waals surface area contributed by atoms with Crippen LogP contribution in [0.2, 0.25) is 0 Å². The summed E-state index contributed by atoms with van der Waals surface area (Å²) in [6, 6.07) is 8.96. The largest absolute Gasteiger partial charge is 0.460 e. The zero-order valence-corrected chi connectivity index (χ0v) is 10.5. The first-order valence-corrected chi connectivity index (χ1v) is 5.40. The van der Waals surface area contributed by atoms with Crippen molar-refractivity contribution >= 4 is 18.4 Å². The Balaban J connectivity index is 0.00000256. The second-order valence-electron chi connectivity index (χ2n) is 3.63. The fraction of sp³-hybridized carbons (Fsp3) is 0.417. The Morgan fingerprint density at radius 1 is 1.29 bits per heavy atom. The summed E-state index contributed by atoms with van der Waals surface area (Å²) in [7, 11) is 0. The molecular formula is C12H19ClN2O2. The van der Waals surface area contributed by atoms with Gasteiger partial charge in [0.05, 0.1) is 0 Å². The van der Waals surface area contributed by atoms with Gasteiger partial charge in [-0.1, -0.05) is 30.3 Å². The monoisotopic (exact) mass is 258 g/mol. The summed E-state index contributed by atoms with van der Waals surface area (Å²) in [4.78, 5) is 11.4. The lowest BCUT2D eigenvalue weighted by Gasteiger charge is -2.10. The van der Waals surface area contributed by atoms with Crippen molar-refractivity contribution in [3.05, 3.63) is 35.9 Å². The molecule has 1 aromatic rings. The number of rotatable bonds is 6. The molecule has 1 atom stereocenters. The van der Waals surface area contributed by atoms with E-state index in [-0.39, 0.29) is 25.0 Å². The second-order valence-corrected chi connectivity index (χ2v) is 3.63. The Labute approximate surface area is 108 Å². The van der Waals surface area contributed by atoms with Crippen molar-refractivity contribution in [2.24, 2.45) is 11.5 Å². The van der Waals surface area contributed by atoms with E-state index in [1.165, 1.54) is 0 Å². The third kappa shape index (κ3) is 6.26. The Bertz CT molecular complexity index is 320. The van der Waals surface area contributed by atoms with Crippen LogP contribution >= 0.6 is 12.4 Å². The lowest BCUT2D eigenvalue weighted by Crippen LogP contribution is -2.32. The van der Waals surface area contributed by atoms with Gasteiger partial charge in [-0.15, -0.1) is 12.4 Å². The molecule has 0 aliphatic carbocycles. The molecule has 1 unspecified atom stereocenters. The molecule has 4 nitrogen and oxygen atoms in total. The first-order chi connectivity index (χ1) is 7.74. The number of ether oxygens (including phenoxy) is 1. The number of carbonyl (C=O) groups excluding carboxylic acids is 1. The molecule has 0 aliphatic rings. The van der Waals surface area contributed by atoms with E-state index in [9.17, 15) is 4.79 Å². The highest BCUT2D eigenvalue weighted by molar-refractivity contribution is 5.85. The molecule has 0 aliphatic heterocycles. The number of nitrogens with two attached hydrogens (primary N) is 2. The number of carbonyl (C=O) groups is 1. The summed E-state index contributed by atoms with van der Waals surface area (Å²) in [6.45, 7) is 0.815. The highest BCUT2D eigenvalue weighted by Crippen LogP contribution is 2.03. The average Bonchev–Trinajstić information content (AvgIpc) is 2.34. The number of benzene rings is 1. The SMILES string of the molecule is Cl.NCCCC(N)C(=O)OCc1ccccc1. The summed E-state index contributed by atoms with van der Waals surface area (Å²) in [5.74, 6) is -0.364. The van der Waals surface area contributed by atoms with Crippen LogP contribution in [0.25, 0.3) is 0 Å². The zero-order valence-electron chi connectivity index (χ0n) is 9.67. The molecule has 0 saturated carbocycles. The van der Waals surface area contributed by atoms with Crippen LogP contribution in [0.4, 0.5) is 0 Å². The van der Waals surface area contributed by atoms with Gasteiger partial charge in [-0.25, -0.2) is 0 Å². The number of hydrogen-bond acceptors (Lipinski definition) is 4. The number of halogens is 1. The van der Waals surface area contributed by atoms with Gasteiger partial charge < -0.3 is 16.2 Å².